The van der Waals surface area contributed by atoms with Crippen LogP contribution >= 0.6 is 6.72 Å². The number of aliphatic hydroxyl groups excluding tert-OH is 1. The van der Waals surface area contributed by atoms with E-state index >= 15 is 0 Å². The van der Waals surface area contributed by atoms with E-state index < -0.39 is 49.5 Å². The molecule has 0 aromatic carbocycles. The predicted octanol–water partition coefficient (Wildman–Crippen LogP) is 0.784. The van der Waals surface area contributed by atoms with Gasteiger partial charge in [0.05, 0.1) is 12.7 Å². The third-order valence-corrected chi connectivity index (χ3v) is 6.39. The second-order valence-electron chi connectivity index (χ2n) is 6.20. The summed E-state index contributed by atoms with van der Waals surface area (Å²) in [7, 11) is 0. The first-order valence-electron chi connectivity index (χ1n) is 7.68. The van der Waals surface area contributed by atoms with E-state index in [2.05, 4.69) is 4.98 Å². The number of nitrogen functional groups attached to an aromatic ring is 1. The average molecular weight is 413 g/mol. The molecule has 3 N–H and O–H groups in total. The van der Waals surface area contributed by atoms with Gasteiger partial charge < -0.3 is 24.6 Å². The molecule has 9 nitrogen and oxygen atoms in total. The summed E-state index contributed by atoms with van der Waals surface area (Å²) >= 11 is 5.18. The molecule has 2 aliphatic rings. The highest BCUT2D eigenvalue weighted by molar-refractivity contribution is 8.07. The van der Waals surface area contributed by atoms with Gasteiger partial charge in [0, 0.05) is 6.20 Å². The van der Waals surface area contributed by atoms with Crippen LogP contribution in [0.1, 0.15) is 20.1 Å². The lowest BCUT2D eigenvalue weighted by molar-refractivity contribution is -0.204. The van der Waals surface area contributed by atoms with Crippen LogP contribution in [0.4, 0.5) is 14.6 Å². The SMILES string of the molecule is CC(C)OP1(=S)OC[C@@]2(C(F)F)O[C@@H](n3ccc(N)nc3=O)[C@H](O)[C@H]2O1. The molecule has 0 bridgehead atoms. The zero-order valence-electron chi connectivity index (χ0n) is 13.8. The summed E-state index contributed by atoms with van der Waals surface area (Å²) in [4.78, 5) is 15.5. The van der Waals surface area contributed by atoms with Gasteiger partial charge in [0.2, 0.25) is 0 Å². The summed E-state index contributed by atoms with van der Waals surface area (Å²) in [5.74, 6) is -0.0554. The Hall–Kier alpha value is -1.01. The smallest absolute Gasteiger partial charge is 0.351 e. The summed E-state index contributed by atoms with van der Waals surface area (Å²) in [6, 6.07) is 1.28. The Morgan fingerprint density at radius 1 is 1.58 bits per heavy atom. The van der Waals surface area contributed by atoms with Crippen molar-refractivity contribution in [3.05, 3.63) is 22.7 Å². The van der Waals surface area contributed by atoms with Crippen molar-refractivity contribution in [2.24, 2.45) is 0 Å². The molecule has 1 aromatic heterocycles. The number of hydrogen-bond donors (Lipinski definition) is 2. The quantitative estimate of drug-likeness (QED) is 0.691. The van der Waals surface area contributed by atoms with Crippen molar-refractivity contribution in [1.82, 2.24) is 9.55 Å². The topological polar surface area (TPSA) is 118 Å². The molecule has 2 fully saturated rings. The third-order valence-electron chi connectivity index (χ3n) is 3.95. The normalized spacial score (nSPS) is 37.3. The number of anilines is 1. The van der Waals surface area contributed by atoms with Gasteiger partial charge in [-0.2, -0.15) is 4.98 Å². The number of ether oxygens (including phenoxy) is 1. The predicted molar refractivity (Wildman–Crippen MR) is 89.1 cm³/mol. The summed E-state index contributed by atoms with van der Waals surface area (Å²) in [6.45, 7) is -0.648. The van der Waals surface area contributed by atoms with E-state index in [9.17, 15) is 18.7 Å². The highest BCUT2D eigenvalue weighted by Crippen LogP contribution is 2.61. The van der Waals surface area contributed by atoms with Crippen molar-refractivity contribution in [1.29, 1.82) is 0 Å². The number of nitrogens with two attached hydrogens (primary N) is 1. The molecule has 26 heavy (non-hydrogen) atoms. The lowest BCUT2D eigenvalue weighted by Gasteiger charge is -2.41. The highest BCUT2D eigenvalue weighted by atomic mass is 32.5. The van der Waals surface area contributed by atoms with Crippen LogP contribution < -0.4 is 11.4 Å². The first-order valence-corrected chi connectivity index (χ1v) is 10.2. The largest absolute Gasteiger partial charge is 0.386 e. The molecule has 0 aliphatic carbocycles. The molecule has 0 radical (unpaired) electrons. The van der Waals surface area contributed by atoms with Crippen LogP contribution in [-0.4, -0.2) is 51.6 Å². The summed E-state index contributed by atoms with van der Waals surface area (Å²) in [5.41, 5.74) is 2.25. The second kappa shape index (κ2) is 6.86. The van der Waals surface area contributed by atoms with Gasteiger partial charge in [0.1, 0.15) is 18.0 Å². The van der Waals surface area contributed by atoms with Crippen LogP contribution in [0, 0.1) is 0 Å². The van der Waals surface area contributed by atoms with E-state index in [0.29, 0.717) is 0 Å². The number of hydrogen-bond acceptors (Lipinski definition) is 9. The molecule has 1 aromatic rings. The molecule has 0 amide bonds. The number of aliphatic hydroxyl groups is 1. The number of rotatable bonds is 4. The van der Waals surface area contributed by atoms with Crippen LogP contribution in [-0.2, 0) is 30.1 Å². The third kappa shape index (κ3) is 3.31. The minimum Gasteiger partial charge on any atom is -0.386 e. The van der Waals surface area contributed by atoms with Crippen LogP contribution in [0.2, 0.25) is 0 Å². The molecule has 2 saturated heterocycles. The van der Waals surface area contributed by atoms with Crippen LogP contribution in [0.15, 0.2) is 17.1 Å². The van der Waals surface area contributed by atoms with E-state index in [1.165, 1.54) is 12.3 Å². The maximum atomic E-state index is 13.8. The van der Waals surface area contributed by atoms with Crippen molar-refractivity contribution in [3.63, 3.8) is 0 Å². The zero-order chi connectivity index (χ0) is 19.3. The van der Waals surface area contributed by atoms with Gasteiger partial charge in [0.15, 0.2) is 11.8 Å². The highest BCUT2D eigenvalue weighted by Gasteiger charge is 2.66. The molecule has 13 heteroatoms. The van der Waals surface area contributed by atoms with Gasteiger partial charge in [-0.25, -0.2) is 13.6 Å². The standard InChI is InChI=1S/C13H18F2N3O6PS/c1-6(2)23-25(26)21-5-13(11(14)15)9(24-25)8(19)10(22-13)18-4-3-7(16)17-12(18)20/h3-4,6,8-11,19H,5H2,1-2H3,(H2,16,17,20)/t8-,9-,10-,13-,25?/m1/s1. The molecule has 3 heterocycles. The van der Waals surface area contributed by atoms with Crippen molar-refractivity contribution < 1.29 is 32.2 Å². The van der Waals surface area contributed by atoms with Gasteiger partial charge in [0.25, 0.3) is 6.43 Å². The van der Waals surface area contributed by atoms with E-state index in [1.54, 1.807) is 13.8 Å². The lowest BCUT2D eigenvalue weighted by Crippen LogP contribution is -2.56. The number of aromatic nitrogens is 2. The number of halogens is 2. The van der Waals surface area contributed by atoms with Crippen LogP contribution in [0.5, 0.6) is 0 Å². The minimum atomic E-state index is -3.36. The Balaban J connectivity index is 1.97. The number of nitrogens with zero attached hydrogens (tertiary/aromatic N) is 2. The molecule has 0 spiro atoms. The molecule has 5 atom stereocenters. The molecular weight excluding hydrogens is 395 g/mol. The number of fused-ring (bicyclic) bond motifs is 1. The van der Waals surface area contributed by atoms with Crippen molar-refractivity contribution in [2.45, 2.75) is 50.4 Å². The van der Waals surface area contributed by atoms with Crippen LogP contribution in [0.25, 0.3) is 0 Å². The summed E-state index contributed by atoms with van der Waals surface area (Å²) in [5, 5.41) is 10.6. The maximum absolute atomic E-state index is 13.8. The maximum Gasteiger partial charge on any atom is 0.351 e. The second-order valence-corrected chi connectivity index (χ2v) is 9.11. The Kier molecular flexibility index (Phi) is 5.21. The van der Waals surface area contributed by atoms with E-state index in [1.807, 2.05) is 0 Å². The molecule has 0 saturated carbocycles. The summed E-state index contributed by atoms with van der Waals surface area (Å²) < 4.78 is 50.1. The summed E-state index contributed by atoms with van der Waals surface area (Å²) in [6.07, 6.45) is -6.91. The Labute approximate surface area is 152 Å². The van der Waals surface area contributed by atoms with Crippen molar-refractivity contribution in [2.75, 3.05) is 12.3 Å². The fourth-order valence-electron chi connectivity index (χ4n) is 2.81. The molecule has 146 valence electrons. The first-order chi connectivity index (χ1) is 12.1. The van der Waals surface area contributed by atoms with E-state index in [0.717, 1.165) is 4.57 Å². The fraction of sp³-hybridized carbons (Fsp3) is 0.692. The lowest BCUT2D eigenvalue weighted by atomic mass is 9.96. The van der Waals surface area contributed by atoms with Crippen molar-refractivity contribution in [3.8, 4) is 0 Å². The molecule has 3 rings (SSSR count). The Bertz CT molecular complexity index is 795. The van der Waals surface area contributed by atoms with E-state index in [4.69, 9.17) is 35.8 Å². The van der Waals surface area contributed by atoms with Crippen molar-refractivity contribution >= 4 is 24.3 Å². The molecular formula is C13H18F2N3O6PS. The van der Waals surface area contributed by atoms with Crippen LogP contribution in [0.3, 0.4) is 0 Å². The number of alkyl halides is 2. The van der Waals surface area contributed by atoms with Gasteiger partial charge in [-0.05, 0) is 31.7 Å². The van der Waals surface area contributed by atoms with Gasteiger partial charge in [-0.15, -0.1) is 0 Å². The Morgan fingerprint density at radius 3 is 2.85 bits per heavy atom. The zero-order valence-corrected chi connectivity index (χ0v) is 15.5. The molecule has 1 unspecified atom stereocenters. The monoisotopic (exact) mass is 413 g/mol. The first kappa shape index (κ1) is 19.7. The minimum absolute atomic E-state index is 0.0554. The Morgan fingerprint density at radius 2 is 2.27 bits per heavy atom. The molecule has 2 aliphatic heterocycles. The van der Waals surface area contributed by atoms with Gasteiger partial charge >= 0.3 is 12.4 Å². The average Bonchev–Trinajstić information content (AvgIpc) is 2.80. The van der Waals surface area contributed by atoms with Gasteiger partial charge in [-0.1, -0.05) is 0 Å². The van der Waals surface area contributed by atoms with E-state index in [-0.39, 0.29) is 11.9 Å². The fourth-order valence-corrected chi connectivity index (χ4v) is 5.39. The van der Waals surface area contributed by atoms with Gasteiger partial charge in [-0.3, -0.25) is 9.09 Å².